The molecule has 0 amide bonds. The van der Waals surface area contributed by atoms with Crippen molar-refractivity contribution in [1.29, 1.82) is 0 Å². The third-order valence-electron chi connectivity index (χ3n) is 8.31. The van der Waals surface area contributed by atoms with Crippen LogP contribution < -0.4 is 0 Å². The van der Waals surface area contributed by atoms with Gasteiger partial charge in [-0.1, -0.05) is 103 Å². The van der Waals surface area contributed by atoms with Crippen molar-refractivity contribution in [3.63, 3.8) is 0 Å². The molecule has 3 aromatic heterocycles. The van der Waals surface area contributed by atoms with Gasteiger partial charge >= 0.3 is 0 Å². The Morgan fingerprint density at radius 2 is 1.26 bits per heavy atom. The Bertz CT molecular complexity index is 2070. The largest absolute Gasteiger partial charge is 0.313 e. The second-order valence-electron chi connectivity index (χ2n) is 10.7. The van der Waals surface area contributed by atoms with Crippen LogP contribution in [0, 0.1) is 13.8 Å². The standard InChI is InChI=1S/C38H27N3S/c1-24-25(2)41(28-22-32(26-12-5-3-6-13-26)40-33(23-28)27-14-7-4-8-15-27)34-20-19-30-29-16-9-10-18-35(29)42-38-31(17-11-21-39-38)37(30)36(24)34/h3-23H,1-2H3. The highest BCUT2D eigenvalue weighted by molar-refractivity contribution is 7.99. The molecule has 0 radical (unpaired) electrons. The Balaban J connectivity index is 1.45. The predicted molar refractivity (Wildman–Crippen MR) is 174 cm³/mol. The third-order valence-corrected chi connectivity index (χ3v) is 9.40. The molecule has 4 heteroatoms. The summed E-state index contributed by atoms with van der Waals surface area (Å²) in [5, 5.41) is 2.32. The van der Waals surface area contributed by atoms with E-state index in [0.29, 0.717) is 0 Å². The van der Waals surface area contributed by atoms with E-state index in [9.17, 15) is 0 Å². The van der Waals surface area contributed by atoms with Crippen molar-refractivity contribution in [2.75, 3.05) is 0 Å². The SMILES string of the molecule is Cc1c(C)n(-c2cc(-c3ccccc3)nc(-c3ccccc3)c2)c2ccc3c(c12)-c1cccnc1Sc1ccccc1-3. The maximum atomic E-state index is 5.13. The van der Waals surface area contributed by atoms with E-state index in [0.717, 1.165) is 33.2 Å². The molecule has 0 saturated heterocycles. The molecule has 200 valence electrons. The van der Waals surface area contributed by atoms with E-state index < -0.39 is 0 Å². The molecule has 1 aliphatic rings. The van der Waals surface area contributed by atoms with E-state index >= 15 is 0 Å². The van der Waals surface area contributed by atoms with Gasteiger partial charge in [0.15, 0.2) is 0 Å². The first-order valence-electron chi connectivity index (χ1n) is 14.2. The van der Waals surface area contributed by atoms with Gasteiger partial charge in [-0.25, -0.2) is 9.97 Å². The topological polar surface area (TPSA) is 30.7 Å². The number of aromatic nitrogens is 3. The van der Waals surface area contributed by atoms with Gasteiger partial charge in [-0.3, -0.25) is 0 Å². The normalized spacial score (nSPS) is 12.0. The number of nitrogens with zero attached hydrogens (tertiary/aromatic N) is 3. The lowest BCUT2D eigenvalue weighted by Crippen LogP contribution is -2.00. The molecular formula is C38H27N3S. The van der Waals surface area contributed by atoms with E-state index in [1.165, 1.54) is 49.3 Å². The fourth-order valence-corrected chi connectivity index (χ4v) is 7.26. The average Bonchev–Trinajstić information content (AvgIpc) is 3.21. The first kappa shape index (κ1) is 24.8. The first-order valence-corrected chi connectivity index (χ1v) is 15.0. The molecule has 0 saturated carbocycles. The molecule has 0 aliphatic carbocycles. The van der Waals surface area contributed by atoms with E-state index in [4.69, 9.17) is 9.97 Å². The van der Waals surface area contributed by atoms with Crippen molar-refractivity contribution in [2.24, 2.45) is 0 Å². The Kier molecular flexibility index (Phi) is 5.83. The lowest BCUT2D eigenvalue weighted by Gasteiger charge is -2.15. The zero-order valence-electron chi connectivity index (χ0n) is 23.4. The van der Waals surface area contributed by atoms with Crippen LogP contribution in [0.2, 0.25) is 0 Å². The van der Waals surface area contributed by atoms with Crippen LogP contribution in [0.25, 0.3) is 61.4 Å². The molecule has 0 fully saturated rings. The van der Waals surface area contributed by atoms with Gasteiger partial charge in [0.2, 0.25) is 0 Å². The number of benzene rings is 4. The number of fused-ring (bicyclic) bond motifs is 7. The van der Waals surface area contributed by atoms with Crippen LogP contribution in [-0.2, 0) is 0 Å². The van der Waals surface area contributed by atoms with Crippen molar-refractivity contribution in [2.45, 2.75) is 23.8 Å². The molecule has 0 unspecified atom stereocenters. The molecule has 0 N–H and O–H groups in total. The highest BCUT2D eigenvalue weighted by Crippen LogP contribution is 2.50. The average molecular weight is 558 g/mol. The van der Waals surface area contributed by atoms with Gasteiger partial charge < -0.3 is 4.57 Å². The lowest BCUT2D eigenvalue weighted by atomic mass is 9.91. The third kappa shape index (κ3) is 3.91. The molecule has 3 nitrogen and oxygen atoms in total. The van der Waals surface area contributed by atoms with Gasteiger partial charge in [0.05, 0.1) is 22.6 Å². The zero-order valence-corrected chi connectivity index (χ0v) is 24.2. The van der Waals surface area contributed by atoms with Crippen molar-refractivity contribution in [3.8, 4) is 50.5 Å². The van der Waals surface area contributed by atoms with Crippen LogP contribution in [0.1, 0.15) is 11.3 Å². The Labute approximate surface area is 249 Å². The van der Waals surface area contributed by atoms with Crippen molar-refractivity contribution >= 4 is 22.7 Å². The predicted octanol–water partition coefficient (Wildman–Crippen LogP) is 10.2. The summed E-state index contributed by atoms with van der Waals surface area (Å²) in [6.45, 7) is 4.49. The molecule has 8 rings (SSSR count). The molecule has 42 heavy (non-hydrogen) atoms. The van der Waals surface area contributed by atoms with Gasteiger partial charge in [0.25, 0.3) is 0 Å². The Hall–Kier alpha value is -4.93. The van der Waals surface area contributed by atoms with Crippen LogP contribution >= 0.6 is 11.8 Å². The van der Waals surface area contributed by atoms with Crippen molar-refractivity contribution in [3.05, 3.63) is 139 Å². The summed E-state index contributed by atoms with van der Waals surface area (Å²) in [6, 6.07) is 42.9. The minimum Gasteiger partial charge on any atom is -0.313 e. The fourth-order valence-electron chi connectivity index (χ4n) is 6.23. The van der Waals surface area contributed by atoms with Gasteiger partial charge in [0, 0.05) is 44.4 Å². The zero-order chi connectivity index (χ0) is 28.2. The van der Waals surface area contributed by atoms with E-state index in [-0.39, 0.29) is 0 Å². The minimum absolute atomic E-state index is 0.959. The summed E-state index contributed by atoms with van der Waals surface area (Å²) in [4.78, 5) is 11.2. The first-order chi connectivity index (χ1) is 20.7. The maximum absolute atomic E-state index is 5.13. The van der Waals surface area contributed by atoms with Gasteiger partial charge in [0.1, 0.15) is 5.03 Å². The summed E-state index contributed by atoms with van der Waals surface area (Å²) < 4.78 is 2.41. The summed E-state index contributed by atoms with van der Waals surface area (Å²) >= 11 is 1.75. The van der Waals surface area contributed by atoms with Crippen LogP contribution in [0.4, 0.5) is 0 Å². The second kappa shape index (κ2) is 9.86. The maximum Gasteiger partial charge on any atom is 0.109 e. The summed E-state index contributed by atoms with van der Waals surface area (Å²) in [5.74, 6) is 0. The highest BCUT2D eigenvalue weighted by Gasteiger charge is 2.26. The summed E-state index contributed by atoms with van der Waals surface area (Å²) in [5.41, 5.74) is 13.9. The number of hydrogen-bond donors (Lipinski definition) is 0. The quantitative estimate of drug-likeness (QED) is 0.216. The molecule has 1 aliphatic heterocycles. The van der Waals surface area contributed by atoms with Gasteiger partial charge in [-0.15, -0.1) is 0 Å². The van der Waals surface area contributed by atoms with E-state index in [1.807, 2.05) is 18.3 Å². The monoisotopic (exact) mass is 557 g/mol. The Morgan fingerprint density at radius 1 is 0.619 bits per heavy atom. The van der Waals surface area contributed by atoms with Crippen LogP contribution in [0.15, 0.2) is 137 Å². The smallest absolute Gasteiger partial charge is 0.109 e. The lowest BCUT2D eigenvalue weighted by molar-refractivity contribution is 1.03. The Morgan fingerprint density at radius 3 is 1.98 bits per heavy atom. The second-order valence-corrected chi connectivity index (χ2v) is 11.7. The number of pyridine rings is 2. The molecule has 7 aromatic rings. The van der Waals surface area contributed by atoms with Crippen LogP contribution in [-0.4, -0.2) is 14.5 Å². The molecular weight excluding hydrogens is 531 g/mol. The van der Waals surface area contributed by atoms with Crippen molar-refractivity contribution in [1.82, 2.24) is 14.5 Å². The molecule has 0 atom stereocenters. The minimum atomic E-state index is 0.959. The molecule has 4 aromatic carbocycles. The van der Waals surface area contributed by atoms with Gasteiger partial charge in [-0.2, -0.15) is 0 Å². The van der Waals surface area contributed by atoms with Gasteiger partial charge in [-0.05, 0) is 60.9 Å². The fraction of sp³-hybridized carbons (Fsp3) is 0.0526. The summed E-state index contributed by atoms with van der Waals surface area (Å²) in [6.07, 6.45) is 1.90. The molecule has 4 heterocycles. The number of aryl methyl sites for hydroxylation is 1. The highest BCUT2D eigenvalue weighted by atomic mass is 32.2. The molecule has 0 bridgehead atoms. The van der Waals surface area contributed by atoms with Crippen LogP contribution in [0.3, 0.4) is 0 Å². The van der Waals surface area contributed by atoms with E-state index in [2.05, 4.69) is 128 Å². The molecule has 0 spiro atoms. The number of rotatable bonds is 3. The van der Waals surface area contributed by atoms with Crippen LogP contribution in [0.5, 0.6) is 0 Å². The van der Waals surface area contributed by atoms with Crippen molar-refractivity contribution < 1.29 is 0 Å². The summed E-state index contributed by atoms with van der Waals surface area (Å²) in [7, 11) is 0. The van der Waals surface area contributed by atoms with E-state index in [1.54, 1.807) is 11.8 Å². The number of hydrogen-bond acceptors (Lipinski definition) is 3.